The van der Waals surface area contributed by atoms with Crippen LogP contribution in [0.2, 0.25) is 0 Å². The van der Waals surface area contributed by atoms with Gasteiger partial charge in [0, 0.05) is 19.0 Å². The van der Waals surface area contributed by atoms with Crippen LogP contribution < -0.4 is 10.6 Å². The monoisotopic (exact) mass is 248 g/mol. The Kier molecular flexibility index (Phi) is 2.86. The Morgan fingerprint density at radius 1 is 1.33 bits per heavy atom. The van der Waals surface area contributed by atoms with Crippen molar-refractivity contribution in [2.75, 3.05) is 24.3 Å². The lowest BCUT2D eigenvalue weighted by atomic mass is 9.77. The third-order valence-corrected chi connectivity index (χ3v) is 3.95. The van der Waals surface area contributed by atoms with Gasteiger partial charge in [-0.15, -0.1) is 0 Å². The molecule has 0 amide bonds. The van der Waals surface area contributed by atoms with Gasteiger partial charge in [-0.1, -0.05) is 0 Å². The van der Waals surface area contributed by atoms with E-state index in [1.165, 1.54) is 19.3 Å². The van der Waals surface area contributed by atoms with Crippen molar-refractivity contribution in [1.29, 1.82) is 0 Å². The van der Waals surface area contributed by atoms with Crippen LogP contribution in [0.5, 0.6) is 0 Å². The van der Waals surface area contributed by atoms with Gasteiger partial charge in [0.1, 0.15) is 17.5 Å². The molecule has 98 valence electrons. The number of rotatable bonds is 5. The molecule has 2 saturated carbocycles. The molecule has 5 heteroatoms. The molecule has 18 heavy (non-hydrogen) atoms. The number of aromatic nitrogens is 2. The van der Waals surface area contributed by atoms with Gasteiger partial charge in [-0.2, -0.15) is 0 Å². The first-order chi connectivity index (χ1) is 8.74. The molecule has 2 aliphatic rings. The maximum absolute atomic E-state index is 9.49. The summed E-state index contributed by atoms with van der Waals surface area (Å²) in [5.74, 6) is 3.15. The molecule has 1 heterocycles. The summed E-state index contributed by atoms with van der Waals surface area (Å²) in [6.07, 6.45) is 5.59. The van der Waals surface area contributed by atoms with Crippen LogP contribution in [-0.2, 0) is 0 Å². The van der Waals surface area contributed by atoms with Crippen molar-refractivity contribution in [3.8, 4) is 0 Å². The molecule has 2 fully saturated rings. The van der Waals surface area contributed by atoms with Gasteiger partial charge in [0.2, 0.25) is 0 Å². The molecule has 3 N–H and O–H groups in total. The number of aliphatic hydroxyl groups excluding tert-OH is 1. The van der Waals surface area contributed by atoms with E-state index in [2.05, 4.69) is 20.6 Å². The van der Waals surface area contributed by atoms with Crippen LogP contribution in [0.25, 0.3) is 0 Å². The van der Waals surface area contributed by atoms with Crippen molar-refractivity contribution in [1.82, 2.24) is 9.97 Å². The van der Waals surface area contributed by atoms with Crippen LogP contribution in [0.3, 0.4) is 0 Å². The first kappa shape index (κ1) is 11.7. The fourth-order valence-corrected chi connectivity index (χ4v) is 2.38. The zero-order valence-corrected chi connectivity index (χ0v) is 10.7. The summed E-state index contributed by atoms with van der Waals surface area (Å²) in [7, 11) is 1.87. The number of nitrogens with zero attached hydrogens (tertiary/aromatic N) is 2. The van der Waals surface area contributed by atoms with E-state index in [4.69, 9.17) is 0 Å². The van der Waals surface area contributed by atoms with Crippen molar-refractivity contribution in [3.05, 3.63) is 11.9 Å². The molecule has 0 aromatic carbocycles. The Morgan fingerprint density at radius 2 is 2.06 bits per heavy atom. The Balaban J connectivity index is 1.83. The van der Waals surface area contributed by atoms with Crippen LogP contribution in [0.4, 0.5) is 11.6 Å². The highest BCUT2D eigenvalue weighted by Crippen LogP contribution is 2.40. The van der Waals surface area contributed by atoms with E-state index in [0.29, 0.717) is 5.92 Å². The molecule has 1 aromatic rings. The fraction of sp³-hybridized carbons (Fsp3) is 0.692. The van der Waals surface area contributed by atoms with Crippen molar-refractivity contribution in [3.63, 3.8) is 0 Å². The van der Waals surface area contributed by atoms with Gasteiger partial charge in [-0.3, -0.25) is 0 Å². The fourth-order valence-electron chi connectivity index (χ4n) is 2.38. The first-order valence-corrected chi connectivity index (χ1v) is 6.70. The number of nitrogens with one attached hydrogen (secondary N) is 2. The van der Waals surface area contributed by atoms with Crippen LogP contribution in [0, 0.1) is 0 Å². The van der Waals surface area contributed by atoms with E-state index in [1.54, 1.807) is 0 Å². The molecular formula is C13H20N4O. The average Bonchev–Trinajstić information content (AvgIpc) is 3.17. The summed E-state index contributed by atoms with van der Waals surface area (Å²) in [5, 5.41) is 16.0. The molecule has 0 spiro atoms. The molecule has 0 saturated heterocycles. The van der Waals surface area contributed by atoms with E-state index < -0.39 is 0 Å². The summed E-state index contributed by atoms with van der Waals surface area (Å²) in [6.45, 7) is 0.171. The molecule has 0 unspecified atom stereocenters. The van der Waals surface area contributed by atoms with Crippen LogP contribution >= 0.6 is 0 Å². The molecule has 3 rings (SSSR count). The zero-order valence-electron chi connectivity index (χ0n) is 10.7. The van der Waals surface area contributed by atoms with E-state index in [-0.39, 0.29) is 12.1 Å². The summed E-state index contributed by atoms with van der Waals surface area (Å²) in [6, 6.07) is 1.92. The van der Waals surface area contributed by atoms with Crippen LogP contribution in [-0.4, -0.2) is 34.3 Å². The Morgan fingerprint density at radius 3 is 2.56 bits per heavy atom. The normalized spacial score (nSPS) is 21.2. The Bertz CT molecular complexity index is 435. The molecular weight excluding hydrogens is 228 g/mol. The van der Waals surface area contributed by atoms with Gasteiger partial charge in [-0.05, 0) is 32.1 Å². The zero-order chi connectivity index (χ0) is 12.6. The third-order valence-electron chi connectivity index (χ3n) is 3.95. The summed E-state index contributed by atoms with van der Waals surface area (Å²) < 4.78 is 0. The minimum atomic E-state index is -0.153. The molecule has 2 aliphatic carbocycles. The van der Waals surface area contributed by atoms with E-state index in [1.807, 2.05) is 13.1 Å². The topological polar surface area (TPSA) is 70.1 Å². The first-order valence-electron chi connectivity index (χ1n) is 6.70. The van der Waals surface area contributed by atoms with Gasteiger partial charge in [0.15, 0.2) is 0 Å². The highest BCUT2D eigenvalue weighted by atomic mass is 16.3. The number of hydrogen-bond acceptors (Lipinski definition) is 5. The van der Waals surface area contributed by atoms with Crippen molar-refractivity contribution >= 4 is 11.6 Å². The lowest BCUT2D eigenvalue weighted by Crippen LogP contribution is -2.48. The molecule has 5 nitrogen and oxygen atoms in total. The predicted octanol–water partition coefficient (Wildman–Crippen LogP) is 1.72. The number of aliphatic hydroxyl groups is 1. The highest BCUT2D eigenvalue weighted by molar-refractivity contribution is 5.49. The van der Waals surface area contributed by atoms with Crippen molar-refractivity contribution in [2.24, 2.45) is 0 Å². The molecule has 0 aliphatic heterocycles. The smallest absolute Gasteiger partial charge is 0.136 e. The van der Waals surface area contributed by atoms with Gasteiger partial charge in [-0.25, -0.2) is 9.97 Å². The Hall–Kier alpha value is -1.36. The molecule has 0 bridgehead atoms. The summed E-state index contributed by atoms with van der Waals surface area (Å²) >= 11 is 0. The molecule has 1 aromatic heterocycles. The maximum atomic E-state index is 9.49. The molecule has 0 radical (unpaired) electrons. The van der Waals surface area contributed by atoms with Crippen LogP contribution in [0.1, 0.15) is 43.8 Å². The quantitative estimate of drug-likeness (QED) is 0.740. The summed E-state index contributed by atoms with van der Waals surface area (Å²) in [4.78, 5) is 9.07. The second-order valence-electron chi connectivity index (χ2n) is 5.44. The van der Waals surface area contributed by atoms with Crippen molar-refractivity contribution in [2.45, 2.75) is 43.6 Å². The van der Waals surface area contributed by atoms with Gasteiger partial charge in [0.05, 0.1) is 12.1 Å². The van der Waals surface area contributed by atoms with Gasteiger partial charge >= 0.3 is 0 Å². The SMILES string of the molecule is CNc1cc(NC2(CO)CCC2)nc(C2CC2)n1. The largest absolute Gasteiger partial charge is 0.394 e. The third kappa shape index (κ3) is 2.14. The lowest BCUT2D eigenvalue weighted by molar-refractivity contribution is 0.144. The second kappa shape index (κ2) is 4.39. The van der Waals surface area contributed by atoms with Gasteiger partial charge < -0.3 is 15.7 Å². The van der Waals surface area contributed by atoms with Gasteiger partial charge in [0.25, 0.3) is 0 Å². The highest BCUT2D eigenvalue weighted by Gasteiger charge is 2.37. The second-order valence-corrected chi connectivity index (χ2v) is 5.44. The van der Waals surface area contributed by atoms with E-state index in [0.717, 1.165) is 30.3 Å². The molecule has 0 atom stereocenters. The number of anilines is 2. The standard InChI is InChI=1S/C13H20N4O/c1-14-10-7-11(16-12(15-10)9-3-4-9)17-13(8-18)5-2-6-13/h7,9,18H,2-6,8H2,1H3,(H2,14,15,16,17). The predicted molar refractivity (Wildman–Crippen MR) is 70.8 cm³/mol. The minimum Gasteiger partial charge on any atom is -0.394 e. The number of hydrogen-bond donors (Lipinski definition) is 3. The Labute approximate surface area is 107 Å². The van der Waals surface area contributed by atoms with Crippen molar-refractivity contribution < 1.29 is 5.11 Å². The summed E-state index contributed by atoms with van der Waals surface area (Å²) in [5.41, 5.74) is -0.153. The minimum absolute atomic E-state index is 0.153. The van der Waals surface area contributed by atoms with Crippen LogP contribution in [0.15, 0.2) is 6.07 Å². The van der Waals surface area contributed by atoms with E-state index >= 15 is 0 Å². The maximum Gasteiger partial charge on any atom is 0.136 e. The lowest BCUT2D eigenvalue weighted by Gasteiger charge is -2.41. The van der Waals surface area contributed by atoms with E-state index in [9.17, 15) is 5.11 Å². The average molecular weight is 248 g/mol.